The number of aromatic nitrogens is 2. The molecule has 2 aromatic heterocycles. The van der Waals surface area contributed by atoms with Gasteiger partial charge in [0.1, 0.15) is 5.69 Å². The van der Waals surface area contributed by atoms with Gasteiger partial charge in [-0.1, -0.05) is 18.2 Å². The number of nitrogens with zero attached hydrogens (tertiary/aromatic N) is 2. The molecule has 29 heavy (non-hydrogen) atoms. The van der Waals surface area contributed by atoms with Crippen LogP contribution in [0, 0.1) is 0 Å². The molecular formula is C23H23N3O3. The Morgan fingerprint density at radius 1 is 1.03 bits per heavy atom. The second kappa shape index (κ2) is 7.47. The SMILES string of the molecule is CCn1c2ccccc2c2cc(NC(=O)[C@H](C)OC(=O)c3cccn3C)ccc21. The molecule has 0 unspecified atom stereocenters. The molecule has 0 aliphatic carbocycles. The fraction of sp³-hybridized carbons (Fsp3) is 0.217. The topological polar surface area (TPSA) is 65.3 Å². The first kappa shape index (κ1) is 18.8. The van der Waals surface area contributed by atoms with Gasteiger partial charge in [-0.3, -0.25) is 4.79 Å². The van der Waals surface area contributed by atoms with Gasteiger partial charge in [-0.25, -0.2) is 4.79 Å². The molecule has 0 radical (unpaired) electrons. The Balaban J connectivity index is 1.56. The Kier molecular flexibility index (Phi) is 4.84. The first-order chi connectivity index (χ1) is 14.0. The molecule has 2 heterocycles. The molecule has 0 spiro atoms. The summed E-state index contributed by atoms with van der Waals surface area (Å²) in [5, 5.41) is 5.08. The number of carbonyl (C=O) groups is 2. The summed E-state index contributed by atoms with van der Waals surface area (Å²) in [5.41, 5.74) is 3.36. The Morgan fingerprint density at radius 3 is 2.52 bits per heavy atom. The van der Waals surface area contributed by atoms with Crippen LogP contribution in [-0.2, 0) is 23.1 Å². The van der Waals surface area contributed by atoms with Gasteiger partial charge in [0.25, 0.3) is 5.91 Å². The molecule has 2 aromatic carbocycles. The van der Waals surface area contributed by atoms with E-state index in [9.17, 15) is 9.59 Å². The number of fused-ring (bicyclic) bond motifs is 3. The lowest BCUT2D eigenvalue weighted by Gasteiger charge is -2.14. The quantitative estimate of drug-likeness (QED) is 0.517. The van der Waals surface area contributed by atoms with Crippen molar-refractivity contribution in [2.45, 2.75) is 26.5 Å². The first-order valence-electron chi connectivity index (χ1n) is 9.63. The van der Waals surface area contributed by atoms with Crippen molar-refractivity contribution in [3.8, 4) is 0 Å². The second-order valence-corrected chi connectivity index (χ2v) is 7.03. The van der Waals surface area contributed by atoms with Gasteiger partial charge in [0.05, 0.1) is 0 Å². The summed E-state index contributed by atoms with van der Waals surface area (Å²) in [6.07, 6.45) is 0.841. The zero-order chi connectivity index (χ0) is 20.5. The van der Waals surface area contributed by atoms with Crippen LogP contribution < -0.4 is 5.32 Å². The molecule has 0 aliphatic rings. The molecule has 0 aliphatic heterocycles. The number of para-hydroxylation sites is 1. The van der Waals surface area contributed by atoms with Crippen molar-refractivity contribution < 1.29 is 14.3 Å². The van der Waals surface area contributed by atoms with Gasteiger partial charge in [0.2, 0.25) is 0 Å². The van der Waals surface area contributed by atoms with Crippen molar-refractivity contribution in [3.63, 3.8) is 0 Å². The minimum atomic E-state index is -0.912. The third kappa shape index (κ3) is 3.38. The number of benzene rings is 2. The molecule has 6 heteroatoms. The van der Waals surface area contributed by atoms with Crippen LogP contribution in [0.5, 0.6) is 0 Å². The number of esters is 1. The molecule has 1 amide bonds. The van der Waals surface area contributed by atoms with Crippen LogP contribution in [0.1, 0.15) is 24.3 Å². The molecule has 0 saturated heterocycles. The number of nitrogens with one attached hydrogen (secondary N) is 1. The maximum Gasteiger partial charge on any atom is 0.355 e. The number of aryl methyl sites for hydroxylation is 2. The van der Waals surface area contributed by atoms with Gasteiger partial charge in [-0.05, 0) is 50.2 Å². The van der Waals surface area contributed by atoms with E-state index in [4.69, 9.17) is 4.74 Å². The van der Waals surface area contributed by atoms with E-state index in [0.29, 0.717) is 11.4 Å². The highest BCUT2D eigenvalue weighted by Crippen LogP contribution is 2.31. The predicted molar refractivity (Wildman–Crippen MR) is 114 cm³/mol. The van der Waals surface area contributed by atoms with Gasteiger partial charge in [0, 0.05) is 47.3 Å². The van der Waals surface area contributed by atoms with Gasteiger partial charge in [0.15, 0.2) is 6.10 Å². The lowest BCUT2D eigenvalue weighted by atomic mass is 10.1. The van der Waals surface area contributed by atoms with Gasteiger partial charge in [-0.2, -0.15) is 0 Å². The average Bonchev–Trinajstić information content (AvgIpc) is 3.28. The monoisotopic (exact) mass is 389 g/mol. The normalized spacial score (nSPS) is 12.2. The molecule has 6 nitrogen and oxygen atoms in total. The number of ether oxygens (including phenoxy) is 1. The summed E-state index contributed by atoms with van der Waals surface area (Å²) in [7, 11) is 1.75. The zero-order valence-corrected chi connectivity index (χ0v) is 16.7. The van der Waals surface area contributed by atoms with Crippen molar-refractivity contribution in [1.82, 2.24) is 9.13 Å². The smallest absolute Gasteiger partial charge is 0.355 e. The third-order valence-corrected chi connectivity index (χ3v) is 5.16. The van der Waals surface area contributed by atoms with Crippen molar-refractivity contribution in [1.29, 1.82) is 0 Å². The van der Waals surface area contributed by atoms with Crippen LogP contribution in [0.4, 0.5) is 5.69 Å². The number of hydrogen-bond acceptors (Lipinski definition) is 3. The number of anilines is 1. The van der Waals surface area contributed by atoms with E-state index in [1.54, 1.807) is 36.9 Å². The molecule has 0 bridgehead atoms. The highest BCUT2D eigenvalue weighted by molar-refractivity contribution is 6.10. The molecule has 1 N–H and O–H groups in total. The largest absolute Gasteiger partial charge is 0.448 e. The van der Waals surface area contributed by atoms with Gasteiger partial charge >= 0.3 is 5.97 Å². The molecule has 0 fully saturated rings. The highest BCUT2D eigenvalue weighted by atomic mass is 16.5. The lowest BCUT2D eigenvalue weighted by molar-refractivity contribution is -0.123. The molecule has 148 valence electrons. The van der Waals surface area contributed by atoms with E-state index in [1.807, 2.05) is 30.3 Å². The van der Waals surface area contributed by atoms with Crippen LogP contribution in [0.3, 0.4) is 0 Å². The summed E-state index contributed by atoms with van der Waals surface area (Å²) in [4.78, 5) is 24.8. The van der Waals surface area contributed by atoms with Gasteiger partial charge < -0.3 is 19.2 Å². The summed E-state index contributed by atoms with van der Waals surface area (Å²) >= 11 is 0. The Bertz CT molecular complexity index is 1220. The van der Waals surface area contributed by atoms with E-state index < -0.39 is 12.1 Å². The molecule has 1 atom stereocenters. The third-order valence-electron chi connectivity index (χ3n) is 5.16. The molecule has 4 rings (SSSR count). The fourth-order valence-corrected chi connectivity index (χ4v) is 3.66. The number of amides is 1. The van der Waals surface area contributed by atoms with E-state index >= 15 is 0 Å². The van der Waals surface area contributed by atoms with Crippen LogP contribution in [0.2, 0.25) is 0 Å². The Morgan fingerprint density at radius 2 is 1.79 bits per heavy atom. The average molecular weight is 389 g/mol. The lowest BCUT2D eigenvalue weighted by Crippen LogP contribution is -2.30. The van der Waals surface area contributed by atoms with E-state index in [2.05, 4.69) is 28.9 Å². The van der Waals surface area contributed by atoms with Crippen molar-refractivity contribution in [2.24, 2.45) is 7.05 Å². The maximum atomic E-state index is 12.6. The second-order valence-electron chi connectivity index (χ2n) is 7.03. The van der Waals surface area contributed by atoms with Crippen LogP contribution in [0.25, 0.3) is 21.8 Å². The van der Waals surface area contributed by atoms with Crippen molar-refractivity contribution in [3.05, 3.63) is 66.5 Å². The standard InChI is InChI=1S/C23H23N3O3/c1-4-26-19-9-6-5-8-17(19)18-14-16(11-12-20(18)26)24-22(27)15(2)29-23(28)21-10-7-13-25(21)3/h5-15H,4H2,1-3H3,(H,24,27)/t15-/m0/s1. The summed E-state index contributed by atoms with van der Waals surface area (Å²) in [5.74, 6) is -0.896. The van der Waals surface area contributed by atoms with Crippen LogP contribution >= 0.6 is 0 Å². The Labute approximate surface area is 168 Å². The maximum absolute atomic E-state index is 12.6. The molecular weight excluding hydrogens is 366 g/mol. The van der Waals surface area contributed by atoms with Crippen molar-refractivity contribution in [2.75, 3.05) is 5.32 Å². The van der Waals surface area contributed by atoms with E-state index in [1.165, 1.54) is 5.52 Å². The van der Waals surface area contributed by atoms with Crippen molar-refractivity contribution >= 4 is 39.4 Å². The number of rotatable bonds is 5. The van der Waals surface area contributed by atoms with E-state index in [-0.39, 0.29) is 5.91 Å². The van der Waals surface area contributed by atoms with Crippen LogP contribution in [-0.4, -0.2) is 27.1 Å². The van der Waals surface area contributed by atoms with Crippen LogP contribution in [0.15, 0.2) is 60.8 Å². The summed E-state index contributed by atoms with van der Waals surface area (Å²) < 4.78 is 9.22. The number of hydrogen-bond donors (Lipinski definition) is 1. The Hall–Kier alpha value is -3.54. The zero-order valence-electron chi connectivity index (χ0n) is 16.7. The summed E-state index contributed by atoms with van der Waals surface area (Å²) in [6.45, 7) is 4.55. The van der Waals surface area contributed by atoms with Gasteiger partial charge in [-0.15, -0.1) is 0 Å². The fourth-order valence-electron chi connectivity index (χ4n) is 3.66. The first-order valence-corrected chi connectivity index (χ1v) is 9.63. The molecule has 4 aromatic rings. The minimum Gasteiger partial charge on any atom is -0.448 e. The molecule has 0 saturated carbocycles. The minimum absolute atomic E-state index is 0.369. The van der Waals surface area contributed by atoms with E-state index in [0.717, 1.165) is 22.8 Å². The summed E-state index contributed by atoms with van der Waals surface area (Å²) in [6, 6.07) is 17.5. The highest BCUT2D eigenvalue weighted by Gasteiger charge is 2.21. The predicted octanol–water partition coefficient (Wildman–Crippen LogP) is 4.34. The number of carbonyl (C=O) groups excluding carboxylic acids is 2.